The first kappa shape index (κ1) is 15.1. The number of benzene rings is 1. The maximum Gasteiger partial charge on any atom is 0.263 e. The van der Waals surface area contributed by atoms with Crippen molar-refractivity contribution in [2.45, 2.75) is 37.8 Å². The number of carbonyl (C=O) groups is 1. The fourth-order valence-electron chi connectivity index (χ4n) is 2.70. The van der Waals surface area contributed by atoms with Crippen LogP contribution in [0.25, 0.3) is 10.1 Å². The van der Waals surface area contributed by atoms with Crippen molar-refractivity contribution in [2.75, 3.05) is 0 Å². The number of aliphatic hydroxyl groups is 1. The van der Waals surface area contributed by atoms with Gasteiger partial charge in [-0.2, -0.15) is 0 Å². The number of hydrogen-bond acceptors (Lipinski definition) is 3. The molecule has 1 fully saturated rings. The van der Waals surface area contributed by atoms with Crippen LogP contribution in [0.15, 0.2) is 18.2 Å². The Bertz CT molecular complexity index is 686. The summed E-state index contributed by atoms with van der Waals surface area (Å²) >= 11 is 13.6. The van der Waals surface area contributed by atoms with E-state index in [4.69, 9.17) is 23.2 Å². The van der Waals surface area contributed by atoms with Crippen molar-refractivity contribution in [3.05, 3.63) is 33.1 Å². The maximum absolute atomic E-state index is 12.4. The summed E-state index contributed by atoms with van der Waals surface area (Å²) in [5.41, 5.74) is 0. The molecule has 0 unspecified atom stereocenters. The Morgan fingerprint density at radius 2 is 2.05 bits per heavy atom. The first-order valence-electron chi connectivity index (χ1n) is 6.93. The smallest absolute Gasteiger partial charge is 0.263 e. The molecular weight excluding hydrogens is 329 g/mol. The highest BCUT2D eigenvalue weighted by atomic mass is 35.5. The molecule has 1 aromatic carbocycles. The summed E-state index contributed by atoms with van der Waals surface area (Å²) in [6.07, 6.45) is 3.11. The Kier molecular flexibility index (Phi) is 4.41. The number of halogens is 2. The van der Waals surface area contributed by atoms with Crippen LogP contribution in [-0.2, 0) is 0 Å². The van der Waals surface area contributed by atoms with Crippen LogP contribution in [-0.4, -0.2) is 23.2 Å². The highest BCUT2D eigenvalue weighted by Crippen LogP contribution is 2.36. The second-order valence-corrected chi connectivity index (χ2v) is 7.18. The number of carbonyl (C=O) groups excluding carboxylic acids is 1. The van der Waals surface area contributed by atoms with Gasteiger partial charge in [0, 0.05) is 15.1 Å². The van der Waals surface area contributed by atoms with Crippen LogP contribution >= 0.6 is 34.5 Å². The second-order valence-electron chi connectivity index (χ2n) is 5.32. The molecule has 1 aliphatic rings. The third-order valence-corrected chi connectivity index (χ3v) is 5.73. The Labute approximate surface area is 136 Å². The van der Waals surface area contributed by atoms with Crippen LogP contribution in [0.5, 0.6) is 0 Å². The molecule has 3 nitrogen and oxygen atoms in total. The van der Waals surface area contributed by atoms with E-state index < -0.39 is 6.10 Å². The molecule has 3 rings (SSSR count). The van der Waals surface area contributed by atoms with Crippen molar-refractivity contribution in [1.29, 1.82) is 0 Å². The molecule has 0 spiro atoms. The Balaban J connectivity index is 1.85. The normalized spacial score (nSPS) is 22.4. The maximum atomic E-state index is 12.4. The SMILES string of the molecule is O=C(N[C@@H]1CCCC[C@H]1O)c1sc2cc(Cl)ccc2c1Cl. The largest absolute Gasteiger partial charge is 0.391 e. The lowest BCUT2D eigenvalue weighted by Crippen LogP contribution is -2.44. The van der Waals surface area contributed by atoms with E-state index in [1.807, 2.05) is 6.07 Å². The summed E-state index contributed by atoms with van der Waals surface area (Å²) in [6, 6.07) is 5.20. The van der Waals surface area contributed by atoms with Gasteiger partial charge < -0.3 is 10.4 Å². The van der Waals surface area contributed by atoms with Crippen molar-refractivity contribution >= 4 is 50.5 Å². The van der Waals surface area contributed by atoms with Crippen molar-refractivity contribution in [1.82, 2.24) is 5.32 Å². The molecule has 2 atom stereocenters. The standard InChI is InChI=1S/C15H15Cl2NO2S/c16-8-5-6-9-12(7-8)21-14(13(9)17)15(20)18-10-3-1-2-4-11(10)19/h5-7,10-11,19H,1-4H2,(H,18,20)/t10-,11-/m1/s1. The number of aliphatic hydroxyl groups excluding tert-OH is 1. The average molecular weight is 344 g/mol. The van der Waals surface area contributed by atoms with E-state index in [9.17, 15) is 9.90 Å². The van der Waals surface area contributed by atoms with Gasteiger partial charge in [0.05, 0.1) is 17.2 Å². The number of rotatable bonds is 2. The highest BCUT2D eigenvalue weighted by Gasteiger charge is 2.26. The Morgan fingerprint density at radius 3 is 2.81 bits per heavy atom. The summed E-state index contributed by atoms with van der Waals surface area (Å²) < 4.78 is 0.891. The van der Waals surface area contributed by atoms with Gasteiger partial charge >= 0.3 is 0 Å². The van der Waals surface area contributed by atoms with Crippen molar-refractivity contribution in [2.24, 2.45) is 0 Å². The van der Waals surface area contributed by atoms with Gasteiger partial charge in [-0.1, -0.05) is 42.1 Å². The molecule has 1 saturated carbocycles. The zero-order valence-electron chi connectivity index (χ0n) is 11.2. The summed E-state index contributed by atoms with van der Waals surface area (Å²) in [5, 5.41) is 14.8. The van der Waals surface area contributed by atoms with E-state index in [-0.39, 0.29) is 11.9 Å². The zero-order chi connectivity index (χ0) is 15.0. The van der Waals surface area contributed by atoms with Gasteiger partial charge in [0.2, 0.25) is 0 Å². The molecule has 0 saturated heterocycles. The number of amides is 1. The van der Waals surface area contributed by atoms with Crippen LogP contribution in [0.3, 0.4) is 0 Å². The minimum absolute atomic E-state index is 0.184. The highest BCUT2D eigenvalue weighted by molar-refractivity contribution is 7.21. The Hall–Kier alpha value is -0.810. The van der Waals surface area contributed by atoms with Crippen LogP contribution < -0.4 is 5.32 Å². The topological polar surface area (TPSA) is 49.3 Å². The fraction of sp³-hybridized carbons (Fsp3) is 0.400. The molecule has 1 heterocycles. The van der Waals surface area contributed by atoms with E-state index in [1.54, 1.807) is 12.1 Å². The predicted molar refractivity (Wildman–Crippen MR) is 87.6 cm³/mol. The minimum atomic E-state index is -0.467. The number of nitrogens with one attached hydrogen (secondary N) is 1. The first-order valence-corrected chi connectivity index (χ1v) is 8.50. The lowest BCUT2D eigenvalue weighted by atomic mass is 9.92. The number of hydrogen-bond donors (Lipinski definition) is 2. The quantitative estimate of drug-likeness (QED) is 0.856. The number of thiophene rings is 1. The second kappa shape index (κ2) is 6.13. The van der Waals surface area contributed by atoms with Gasteiger partial charge in [0.15, 0.2) is 0 Å². The molecule has 21 heavy (non-hydrogen) atoms. The monoisotopic (exact) mass is 343 g/mol. The lowest BCUT2D eigenvalue weighted by molar-refractivity contribution is 0.0720. The zero-order valence-corrected chi connectivity index (χ0v) is 13.6. The molecular formula is C15H15Cl2NO2S. The van der Waals surface area contributed by atoms with Crippen molar-refractivity contribution in [3.63, 3.8) is 0 Å². The molecule has 0 radical (unpaired) electrons. The summed E-state index contributed by atoms with van der Waals surface area (Å²) in [7, 11) is 0. The van der Waals surface area contributed by atoms with E-state index in [0.717, 1.165) is 35.8 Å². The molecule has 1 amide bonds. The molecule has 2 N–H and O–H groups in total. The molecule has 0 aliphatic heterocycles. The van der Waals surface area contributed by atoms with Gasteiger partial charge in [0.1, 0.15) is 4.88 Å². The molecule has 6 heteroatoms. The van der Waals surface area contributed by atoms with E-state index in [1.165, 1.54) is 11.3 Å². The first-order chi connectivity index (χ1) is 10.1. The van der Waals surface area contributed by atoms with E-state index in [2.05, 4.69) is 5.32 Å². The summed E-state index contributed by atoms with van der Waals surface area (Å²) in [5.74, 6) is -0.219. The van der Waals surface area contributed by atoms with Crippen LogP contribution in [0.2, 0.25) is 10.0 Å². The van der Waals surface area contributed by atoms with Gasteiger partial charge in [-0.3, -0.25) is 4.79 Å². The molecule has 1 aromatic heterocycles. The van der Waals surface area contributed by atoms with Crippen LogP contribution in [0, 0.1) is 0 Å². The third kappa shape index (κ3) is 3.04. The summed E-state index contributed by atoms with van der Waals surface area (Å²) in [4.78, 5) is 12.9. The molecule has 2 aromatic rings. The van der Waals surface area contributed by atoms with E-state index in [0.29, 0.717) is 14.9 Å². The molecule has 0 bridgehead atoms. The van der Waals surface area contributed by atoms with E-state index >= 15 is 0 Å². The van der Waals surface area contributed by atoms with Gasteiger partial charge in [-0.25, -0.2) is 0 Å². The fourth-order valence-corrected chi connectivity index (χ4v) is 4.39. The van der Waals surface area contributed by atoms with Gasteiger partial charge in [-0.05, 0) is 25.0 Å². The van der Waals surface area contributed by atoms with Crippen molar-refractivity contribution in [3.8, 4) is 0 Å². The Morgan fingerprint density at radius 1 is 1.29 bits per heavy atom. The molecule has 1 aliphatic carbocycles. The van der Waals surface area contributed by atoms with Gasteiger partial charge in [-0.15, -0.1) is 11.3 Å². The predicted octanol–water partition coefficient (Wildman–Crippen LogP) is 4.24. The van der Waals surface area contributed by atoms with Gasteiger partial charge in [0.25, 0.3) is 5.91 Å². The van der Waals surface area contributed by atoms with Crippen LogP contribution in [0.1, 0.15) is 35.4 Å². The molecule has 112 valence electrons. The average Bonchev–Trinajstić information content (AvgIpc) is 2.78. The number of fused-ring (bicyclic) bond motifs is 1. The van der Waals surface area contributed by atoms with Crippen LogP contribution in [0.4, 0.5) is 0 Å². The third-order valence-electron chi connectivity index (χ3n) is 3.84. The summed E-state index contributed by atoms with van der Waals surface area (Å²) in [6.45, 7) is 0. The minimum Gasteiger partial charge on any atom is -0.391 e. The van der Waals surface area contributed by atoms with Crippen molar-refractivity contribution < 1.29 is 9.90 Å². The lowest BCUT2D eigenvalue weighted by Gasteiger charge is -2.28.